The summed E-state index contributed by atoms with van der Waals surface area (Å²) in [6.07, 6.45) is 2.42. The highest BCUT2D eigenvalue weighted by Crippen LogP contribution is 2.25. The predicted molar refractivity (Wildman–Crippen MR) is 88.4 cm³/mol. The Labute approximate surface area is 139 Å². The number of ether oxygens (including phenoxy) is 2. The molecule has 2 N–H and O–H groups in total. The molecular weight excluding hydrogens is 296 g/mol. The van der Waals surface area contributed by atoms with E-state index in [-0.39, 0.29) is 12.2 Å². The fraction of sp³-hybridized carbons (Fsp3) is 0.941. The number of aliphatic hydroxyl groups is 1. The standard InChI is InChI=1S/C17H32N2O4/c1-13-17(21,7-9-22-13)12-18-10-14-6-5-8-19(11-14)15(20)23-16(2,3)4/h13-14,18,21H,5-12H2,1-4H3. The molecule has 0 aromatic carbocycles. The van der Waals surface area contributed by atoms with Crippen LogP contribution < -0.4 is 5.32 Å². The molecular formula is C17H32N2O4. The maximum atomic E-state index is 12.2. The molecule has 0 aromatic heterocycles. The van der Waals surface area contributed by atoms with Crippen LogP contribution in [-0.4, -0.2) is 66.2 Å². The highest BCUT2D eigenvalue weighted by Gasteiger charge is 2.39. The lowest BCUT2D eigenvalue weighted by atomic mass is 9.95. The maximum Gasteiger partial charge on any atom is 0.410 e. The third-order valence-electron chi connectivity index (χ3n) is 4.69. The SMILES string of the molecule is CC1OCCC1(O)CNCC1CCCN(C(=O)OC(C)(C)C)C1. The smallest absolute Gasteiger partial charge is 0.410 e. The van der Waals surface area contributed by atoms with Crippen molar-refractivity contribution in [2.75, 3.05) is 32.8 Å². The molecule has 3 unspecified atom stereocenters. The average Bonchev–Trinajstić information content (AvgIpc) is 2.77. The van der Waals surface area contributed by atoms with Gasteiger partial charge >= 0.3 is 6.09 Å². The van der Waals surface area contributed by atoms with Crippen molar-refractivity contribution < 1.29 is 19.4 Å². The highest BCUT2D eigenvalue weighted by molar-refractivity contribution is 5.68. The number of carbonyl (C=O) groups excluding carboxylic acids is 1. The zero-order valence-corrected chi connectivity index (χ0v) is 14.9. The quantitative estimate of drug-likeness (QED) is 0.823. The van der Waals surface area contributed by atoms with Crippen molar-refractivity contribution in [3.8, 4) is 0 Å². The molecule has 0 radical (unpaired) electrons. The summed E-state index contributed by atoms with van der Waals surface area (Å²) in [5.41, 5.74) is -1.22. The molecule has 23 heavy (non-hydrogen) atoms. The molecule has 134 valence electrons. The molecule has 0 saturated carbocycles. The predicted octanol–water partition coefficient (Wildman–Crippen LogP) is 1.76. The van der Waals surface area contributed by atoms with Crippen molar-refractivity contribution in [2.45, 2.75) is 64.3 Å². The van der Waals surface area contributed by atoms with Gasteiger partial charge in [0, 0.05) is 32.7 Å². The topological polar surface area (TPSA) is 71.0 Å². The second-order valence-corrected chi connectivity index (χ2v) is 7.93. The number of piperidine rings is 1. The Hall–Kier alpha value is -0.850. The van der Waals surface area contributed by atoms with E-state index in [0.717, 1.165) is 25.9 Å². The van der Waals surface area contributed by atoms with E-state index in [9.17, 15) is 9.90 Å². The summed E-state index contributed by atoms with van der Waals surface area (Å²) < 4.78 is 10.9. The number of likely N-dealkylation sites (tertiary alicyclic amines) is 1. The van der Waals surface area contributed by atoms with E-state index in [2.05, 4.69) is 5.32 Å². The van der Waals surface area contributed by atoms with Gasteiger partial charge in [-0.05, 0) is 53.0 Å². The van der Waals surface area contributed by atoms with E-state index < -0.39 is 11.2 Å². The van der Waals surface area contributed by atoms with Gasteiger partial charge in [0.05, 0.1) is 6.10 Å². The van der Waals surface area contributed by atoms with Crippen LogP contribution in [0, 0.1) is 5.92 Å². The zero-order chi connectivity index (χ0) is 17.1. The van der Waals surface area contributed by atoms with E-state index in [1.165, 1.54) is 0 Å². The van der Waals surface area contributed by atoms with Crippen molar-refractivity contribution in [3.05, 3.63) is 0 Å². The summed E-state index contributed by atoms with van der Waals surface area (Å²) in [5.74, 6) is 0.400. The van der Waals surface area contributed by atoms with E-state index in [1.54, 1.807) is 4.90 Å². The van der Waals surface area contributed by atoms with E-state index in [1.807, 2.05) is 27.7 Å². The van der Waals surface area contributed by atoms with Gasteiger partial charge < -0.3 is 24.8 Å². The third-order valence-corrected chi connectivity index (χ3v) is 4.69. The van der Waals surface area contributed by atoms with Crippen molar-refractivity contribution in [1.29, 1.82) is 0 Å². The van der Waals surface area contributed by atoms with Gasteiger partial charge in [0.1, 0.15) is 11.2 Å². The van der Waals surface area contributed by atoms with Crippen LogP contribution in [0.1, 0.15) is 47.0 Å². The van der Waals surface area contributed by atoms with Crippen molar-refractivity contribution in [1.82, 2.24) is 10.2 Å². The van der Waals surface area contributed by atoms with Gasteiger partial charge in [0.25, 0.3) is 0 Å². The largest absolute Gasteiger partial charge is 0.444 e. The Kier molecular flexibility index (Phi) is 5.92. The number of hydrogen-bond donors (Lipinski definition) is 2. The number of nitrogens with zero attached hydrogens (tertiary/aromatic N) is 1. The number of rotatable bonds is 4. The third kappa shape index (κ3) is 5.33. The zero-order valence-electron chi connectivity index (χ0n) is 14.9. The first kappa shape index (κ1) is 18.5. The molecule has 2 rings (SSSR count). The molecule has 0 spiro atoms. The lowest BCUT2D eigenvalue weighted by Crippen LogP contribution is -2.49. The summed E-state index contributed by atoms with van der Waals surface area (Å²) in [6, 6.07) is 0. The van der Waals surface area contributed by atoms with Crippen LogP contribution in [0.3, 0.4) is 0 Å². The van der Waals surface area contributed by atoms with Crippen LogP contribution in [0.4, 0.5) is 4.79 Å². The van der Waals surface area contributed by atoms with Crippen molar-refractivity contribution in [3.63, 3.8) is 0 Å². The molecule has 6 nitrogen and oxygen atoms in total. The summed E-state index contributed by atoms with van der Waals surface area (Å²) in [4.78, 5) is 14.0. The average molecular weight is 328 g/mol. The Morgan fingerprint density at radius 1 is 1.48 bits per heavy atom. The molecule has 2 heterocycles. The van der Waals surface area contributed by atoms with Gasteiger partial charge in [-0.3, -0.25) is 0 Å². The van der Waals surface area contributed by atoms with Gasteiger partial charge in [-0.25, -0.2) is 4.79 Å². The van der Waals surface area contributed by atoms with Crippen LogP contribution >= 0.6 is 0 Å². The molecule has 1 amide bonds. The summed E-state index contributed by atoms with van der Waals surface area (Å²) >= 11 is 0. The Balaban J connectivity index is 1.75. The molecule has 2 saturated heterocycles. The van der Waals surface area contributed by atoms with Crippen LogP contribution in [0.15, 0.2) is 0 Å². The van der Waals surface area contributed by atoms with Crippen LogP contribution in [0.25, 0.3) is 0 Å². The van der Waals surface area contributed by atoms with Gasteiger partial charge in [0.2, 0.25) is 0 Å². The molecule has 2 aliphatic rings. The molecule has 0 aliphatic carbocycles. The minimum atomic E-state index is -0.764. The molecule has 3 atom stereocenters. The Bertz CT molecular complexity index is 410. The highest BCUT2D eigenvalue weighted by atomic mass is 16.6. The maximum absolute atomic E-state index is 12.2. The van der Waals surface area contributed by atoms with Crippen molar-refractivity contribution >= 4 is 6.09 Å². The first-order valence-electron chi connectivity index (χ1n) is 8.72. The van der Waals surface area contributed by atoms with Gasteiger partial charge in [-0.2, -0.15) is 0 Å². The molecule has 6 heteroatoms. The lowest BCUT2D eigenvalue weighted by Gasteiger charge is -2.35. The second kappa shape index (κ2) is 7.36. The number of hydrogen-bond acceptors (Lipinski definition) is 5. The summed E-state index contributed by atoms with van der Waals surface area (Å²) in [5, 5.41) is 13.9. The fourth-order valence-corrected chi connectivity index (χ4v) is 3.22. The minimum Gasteiger partial charge on any atom is -0.444 e. The Morgan fingerprint density at radius 3 is 2.83 bits per heavy atom. The minimum absolute atomic E-state index is 0.125. The fourth-order valence-electron chi connectivity index (χ4n) is 3.22. The van der Waals surface area contributed by atoms with Crippen LogP contribution in [0.2, 0.25) is 0 Å². The van der Waals surface area contributed by atoms with Crippen LogP contribution in [-0.2, 0) is 9.47 Å². The van der Waals surface area contributed by atoms with Gasteiger partial charge in [-0.15, -0.1) is 0 Å². The first-order valence-corrected chi connectivity index (χ1v) is 8.72. The summed E-state index contributed by atoms with van der Waals surface area (Å²) in [6.45, 7) is 11.0. The van der Waals surface area contributed by atoms with Crippen LogP contribution in [0.5, 0.6) is 0 Å². The van der Waals surface area contributed by atoms with Crippen molar-refractivity contribution in [2.24, 2.45) is 5.92 Å². The molecule has 2 fully saturated rings. The monoisotopic (exact) mass is 328 g/mol. The summed E-state index contributed by atoms with van der Waals surface area (Å²) in [7, 11) is 0. The van der Waals surface area contributed by atoms with Gasteiger partial charge in [0.15, 0.2) is 0 Å². The number of amides is 1. The normalized spacial score (nSPS) is 32.1. The second-order valence-electron chi connectivity index (χ2n) is 7.93. The first-order chi connectivity index (χ1) is 10.7. The number of nitrogens with one attached hydrogen (secondary N) is 1. The van der Waals surface area contributed by atoms with E-state index >= 15 is 0 Å². The molecule has 0 aromatic rings. The molecule has 2 aliphatic heterocycles. The van der Waals surface area contributed by atoms with E-state index in [0.29, 0.717) is 32.0 Å². The van der Waals surface area contributed by atoms with Gasteiger partial charge in [-0.1, -0.05) is 0 Å². The molecule has 0 bridgehead atoms. The number of carbonyl (C=O) groups is 1. The van der Waals surface area contributed by atoms with E-state index in [4.69, 9.17) is 9.47 Å². The lowest BCUT2D eigenvalue weighted by molar-refractivity contribution is -0.0271. The Morgan fingerprint density at radius 2 is 2.22 bits per heavy atom.